The van der Waals surface area contributed by atoms with Gasteiger partial charge in [0.1, 0.15) is 0 Å². The van der Waals surface area contributed by atoms with Gasteiger partial charge in [-0.3, -0.25) is 0 Å². The Bertz CT molecular complexity index is 3040. The Kier molecular flexibility index (Phi) is 11.6. The number of hydrogen-bond donors (Lipinski definition) is 0. The standard InChI is InChI=1S/2C23H21Cl2N5O/c1-3-29-23(31)30-21(27-29)19(15-4-8-17(24)9-5-15)20(16-6-10-18(25)11-7-16)26-22(30)28-12-14(2)13-28;1-2-12-29-23(31)30-21(27-29)19(15-4-8-17(24)9-5-15)20(16-6-10-18(25)11-7-16)26-22(30)28-13-3-14-28/h4-11,14H,3,12-13H2,1-2H3;4-11H,2-3,12-14H2,1H3. The zero-order valence-electron chi connectivity index (χ0n) is 34.3. The Morgan fingerprint density at radius 3 is 1.31 bits per heavy atom. The second kappa shape index (κ2) is 17.2. The summed E-state index contributed by atoms with van der Waals surface area (Å²) in [5, 5.41) is 12.0. The fourth-order valence-corrected chi connectivity index (χ4v) is 8.39. The van der Waals surface area contributed by atoms with Gasteiger partial charge in [0.05, 0.1) is 22.5 Å². The monoisotopic (exact) mass is 906 g/mol. The average Bonchev–Trinajstić information content (AvgIpc) is 3.75. The van der Waals surface area contributed by atoms with E-state index in [1.807, 2.05) is 111 Å². The zero-order valence-corrected chi connectivity index (χ0v) is 37.3. The van der Waals surface area contributed by atoms with Crippen LogP contribution >= 0.6 is 46.4 Å². The van der Waals surface area contributed by atoms with Gasteiger partial charge in [-0.1, -0.05) is 109 Å². The molecule has 2 aliphatic rings. The molecule has 2 aliphatic heterocycles. The molecule has 2 saturated heterocycles. The lowest BCUT2D eigenvalue weighted by Gasteiger charge is -2.38. The minimum atomic E-state index is -0.183. The minimum Gasteiger partial charge on any atom is -0.342 e. The molecule has 0 unspecified atom stereocenters. The molecular weight excluding hydrogens is 866 g/mol. The van der Waals surface area contributed by atoms with Gasteiger partial charge in [0, 0.05) is 70.5 Å². The molecule has 4 aromatic carbocycles. The molecule has 316 valence electrons. The first-order valence-electron chi connectivity index (χ1n) is 20.6. The van der Waals surface area contributed by atoms with E-state index >= 15 is 0 Å². The molecule has 0 saturated carbocycles. The third-order valence-corrected chi connectivity index (χ3v) is 12.2. The van der Waals surface area contributed by atoms with Crippen LogP contribution in [-0.2, 0) is 13.1 Å². The lowest BCUT2D eigenvalue weighted by Crippen LogP contribution is -2.47. The molecule has 0 radical (unpaired) electrons. The van der Waals surface area contributed by atoms with Crippen molar-refractivity contribution in [2.45, 2.75) is 46.7 Å². The highest BCUT2D eigenvalue weighted by atomic mass is 35.5. The maximum atomic E-state index is 13.3. The molecule has 10 rings (SSSR count). The van der Waals surface area contributed by atoms with Crippen LogP contribution < -0.4 is 21.2 Å². The second-order valence-corrected chi connectivity index (χ2v) is 17.3. The molecule has 6 heterocycles. The lowest BCUT2D eigenvalue weighted by atomic mass is 9.99. The first kappa shape index (κ1) is 41.7. The number of hydrogen-bond acceptors (Lipinski definition) is 8. The van der Waals surface area contributed by atoms with Crippen molar-refractivity contribution in [1.29, 1.82) is 0 Å². The van der Waals surface area contributed by atoms with E-state index in [9.17, 15) is 9.59 Å². The molecule has 4 aromatic heterocycles. The van der Waals surface area contributed by atoms with E-state index in [0.717, 1.165) is 83.8 Å². The average molecular weight is 909 g/mol. The van der Waals surface area contributed by atoms with Crippen LogP contribution in [0.5, 0.6) is 0 Å². The maximum Gasteiger partial charge on any atom is 0.353 e. The summed E-state index contributed by atoms with van der Waals surface area (Å²) in [5.41, 5.74) is 7.57. The maximum absolute atomic E-state index is 13.3. The van der Waals surface area contributed by atoms with Gasteiger partial charge in [-0.05, 0) is 85.3 Å². The second-order valence-electron chi connectivity index (χ2n) is 15.6. The summed E-state index contributed by atoms with van der Waals surface area (Å²) in [5.74, 6) is 1.82. The summed E-state index contributed by atoms with van der Waals surface area (Å²) in [6.45, 7) is 10.6. The first-order valence-corrected chi connectivity index (χ1v) is 22.1. The van der Waals surface area contributed by atoms with Crippen LogP contribution in [0, 0.1) is 5.92 Å². The van der Waals surface area contributed by atoms with Crippen molar-refractivity contribution >= 4 is 69.6 Å². The van der Waals surface area contributed by atoms with Gasteiger partial charge in [-0.15, -0.1) is 10.2 Å². The molecule has 0 bridgehead atoms. The van der Waals surface area contributed by atoms with E-state index < -0.39 is 0 Å². The highest BCUT2D eigenvalue weighted by Gasteiger charge is 2.31. The lowest BCUT2D eigenvalue weighted by molar-refractivity contribution is 0.437. The Labute approximate surface area is 377 Å². The molecule has 62 heavy (non-hydrogen) atoms. The summed E-state index contributed by atoms with van der Waals surface area (Å²) in [6, 6.07) is 30.2. The van der Waals surface area contributed by atoms with Crippen LogP contribution in [0.2, 0.25) is 20.1 Å². The van der Waals surface area contributed by atoms with Crippen molar-refractivity contribution in [1.82, 2.24) is 38.3 Å². The number of fused-ring (bicyclic) bond motifs is 2. The van der Waals surface area contributed by atoms with E-state index in [1.54, 1.807) is 8.80 Å². The highest BCUT2D eigenvalue weighted by molar-refractivity contribution is 6.31. The number of benzene rings is 4. The van der Waals surface area contributed by atoms with Crippen LogP contribution in [0.4, 0.5) is 11.9 Å². The van der Waals surface area contributed by atoms with Crippen molar-refractivity contribution in [3.05, 3.63) is 138 Å². The van der Waals surface area contributed by atoms with Crippen molar-refractivity contribution < 1.29 is 0 Å². The zero-order chi connectivity index (χ0) is 43.2. The summed E-state index contributed by atoms with van der Waals surface area (Å²) in [7, 11) is 0. The Hall–Kier alpha value is -5.66. The number of nitrogens with zero attached hydrogens (tertiary/aromatic N) is 10. The van der Waals surface area contributed by atoms with Gasteiger partial charge >= 0.3 is 11.4 Å². The highest BCUT2D eigenvalue weighted by Crippen LogP contribution is 2.39. The fraction of sp³-hybridized carbons (Fsp3) is 0.261. The van der Waals surface area contributed by atoms with Crippen LogP contribution in [0.1, 0.15) is 33.6 Å². The molecule has 0 aliphatic carbocycles. The number of aryl methyl sites for hydroxylation is 2. The van der Waals surface area contributed by atoms with E-state index in [1.165, 1.54) is 9.36 Å². The van der Waals surface area contributed by atoms with Crippen molar-refractivity contribution in [3.8, 4) is 44.8 Å². The van der Waals surface area contributed by atoms with Gasteiger partial charge in [0.2, 0.25) is 11.9 Å². The van der Waals surface area contributed by atoms with Crippen LogP contribution in [0.25, 0.3) is 56.1 Å². The number of halogens is 4. The van der Waals surface area contributed by atoms with E-state index in [4.69, 9.17) is 66.6 Å². The number of anilines is 2. The largest absolute Gasteiger partial charge is 0.353 e. The molecule has 8 aromatic rings. The van der Waals surface area contributed by atoms with Gasteiger partial charge in [0.25, 0.3) is 0 Å². The smallest absolute Gasteiger partial charge is 0.342 e. The predicted octanol–water partition coefficient (Wildman–Crippen LogP) is 10.2. The van der Waals surface area contributed by atoms with E-state index in [0.29, 0.717) is 62.3 Å². The van der Waals surface area contributed by atoms with Crippen LogP contribution in [-0.4, -0.2) is 64.5 Å². The molecule has 12 nitrogen and oxygen atoms in total. The summed E-state index contributed by atoms with van der Waals surface area (Å²) in [6.07, 6.45) is 1.90. The summed E-state index contributed by atoms with van der Waals surface area (Å²) >= 11 is 24.6. The molecule has 0 amide bonds. The van der Waals surface area contributed by atoms with Crippen LogP contribution in [0.15, 0.2) is 107 Å². The third kappa shape index (κ3) is 7.74. The molecular formula is C46H42Cl4N10O2. The van der Waals surface area contributed by atoms with Crippen molar-refractivity contribution in [3.63, 3.8) is 0 Å². The fourth-order valence-electron chi connectivity index (χ4n) is 7.89. The quantitative estimate of drug-likeness (QED) is 0.141. The Balaban J connectivity index is 0.000000158. The Morgan fingerprint density at radius 1 is 0.548 bits per heavy atom. The van der Waals surface area contributed by atoms with Crippen molar-refractivity contribution in [2.24, 2.45) is 5.92 Å². The Morgan fingerprint density at radius 2 is 0.935 bits per heavy atom. The van der Waals surface area contributed by atoms with Crippen LogP contribution in [0.3, 0.4) is 0 Å². The van der Waals surface area contributed by atoms with Gasteiger partial charge in [-0.25, -0.2) is 37.7 Å². The van der Waals surface area contributed by atoms with E-state index in [2.05, 4.69) is 16.7 Å². The minimum absolute atomic E-state index is 0.163. The molecule has 16 heteroatoms. The van der Waals surface area contributed by atoms with Crippen molar-refractivity contribution in [2.75, 3.05) is 36.0 Å². The summed E-state index contributed by atoms with van der Waals surface area (Å²) < 4.78 is 6.30. The number of aromatic nitrogens is 8. The summed E-state index contributed by atoms with van der Waals surface area (Å²) in [4.78, 5) is 40.8. The third-order valence-electron chi connectivity index (χ3n) is 11.1. The molecule has 0 N–H and O–H groups in total. The van der Waals surface area contributed by atoms with Gasteiger partial charge < -0.3 is 9.80 Å². The van der Waals surface area contributed by atoms with E-state index in [-0.39, 0.29) is 11.4 Å². The number of rotatable bonds is 9. The normalized spacial score (nSPS) is 13.9. The topological polar surface area (TPSA) is 111 Å². The molecule has 2 fully saturated rings. The molecule has 0 atom stereocenters. The van der Waals surface area contributed by atoms with Gasteiger partial charge in [0.15, 0.2) is 11.3 Å². The predicted molar refractivity (Wildman–Crippen MR) is 250 cm³/mol. The molecule has 0 spiro atoms. The SMILES string of the molecule is CCCn1nc2c(-c3ccc(Cl)cc3)c(-c3ccc(Cl)cc3)nc(N3CCC3)n2c1=O.CCn1nc2c(-c3ccc(Cl)cc3)c(-c3ccc(Cl)cc3)nc(N3CC(C)C3)n2c1=O. The van der Waals surface area contributed by atoms with Gasteiger partial charge in [-0.2, -0.15) is 0 Å². The first-order chi connectivity index (χ1) is 30.0.